The number of benzene rings is 2. The average molecular weight is 446 g/mol. The van der Waals surface area contributed by atoms with E-state index in [9.17, 15) is 5.11 Å². The van der Waals surface area contributed by atoms with Crippen molar-refractivity contribution in [3.63, 3.8) is 0 Å². The second-order valence-corrected chi connectivity index (χ2v) is 8.35. The lowest BCUT2D eigenvalue weighted by molar-refractivity contribution is 0.0968. The maximum atomic E-state index is 10.4. The third-order valence-electron chi connectivity index (χ3n) is 5.62. The first-order valence-electron chi connectivity index (χ1n) is 11.3. The van der Waals surface area contributed by atoms with Gasteiger partial charge in [0.2, 0.25) is 5.88 Å². The minimum Gasteiger partial charge on any atom is -0.468 e. The Morgan fingerprint density at radius 2 is 1.85 bits per heavy atom. The molecule has 6 nitrogen and oxygen atoms in total. The number of aryl methyl sites for hydroxylation is 2. The van der Waals surface area contributed by atoms with E-state index in [0.717, 1.165) is 34.0 Å². The summed E-state index contributed by atoms with van der Waals surface area (Å²) in [6.45, 7) is 7.71. The molecule has 1 atom stereocenters. The van der Waals surface area contributed by atoms with Crippen molar-refractivity contribution in [1.82, 2.24) is 14.7 Å². The zero-order valence-electron chi connectivity index (χ0n) is 19.4. The monoisotopic (exact) mass is 445 g/mol. The molecule has 0 saturated carbocycles. The van der Waals surface area contributed by atoms with Crippen molar-refractivity contribution in [2.45, 2.75) is 46.4 Å². The van der Waals surface area contributed by atoms with Crippen LogP contribution in [0.25, 0.3) is 5.69 Å². The molecule has 33 heavy (non-hydrogen) atoms. The van der Waals surface area contributed by atoms with E-state index in [1.54, 1.807) is 6.26 Å². The molecule has 0 aliphatic rings. The summed E-state index contributed by atoms with van der Waals surface area (Å²) in [4.78, 5) is 2.18. The van der Waals surface area contributed by atoms with Gasteiger partial charge >= 0.3 is 0 Å². The van der Waals surface area contributed by atoms with E-state index in [4.69, 9.17) is 14.3 Å². The average Bonchev–Trinajstić information content (AvgIpc) is 3.43. The minimum absolute atomic E-state index is 0.425. The summed E-state index contributed by atoms with van der Waals surface area (Å²) < 4.78 is 13.9. The molecule has 0 amide bonds. The third-order valence-corrected chi connectivity index (χ3v) is 5.62. The number of hydrogen-bond donors (Lipinski definition) is 1. The Balaban J connectivity index is 1.72. The molecule has 0 aliphatic heterocycles. The van der Waals surface area contributed by atoms with Crippen LogP contribution < -0.4 is 4.74 Å². The first kappa shape index (κ1) is 22.8. The van der Waals surface area contributed by atoms with Crippen LogP contribution >= 0.6 is 0 Å². The first-order chi connectivity index (χ1) is 16.0. The molecule has 0 spiro atoms. The highest BCUT2D eigenvalue weighted by Crippen LogP contribution is 2.32. The van der Waals surface area contributed by atoms with E-state index in [2.05, 4.69) is 4.90 Å². The van der Waals surface area contributed by atoms with Crippen LogP contribution in [0.1, 0.15) is 35.9 Å². The summed E-state index contributed by atoms with van der Waals surface area (Å²) in [6, 6.07) is 21.8. The molecule has 0 bridgehead atoms. The molecule has 0 saturated heterocycles. The summed E-state index contributed by atoms with van der Waals surface area (Å²) in [5.41, 5.74) is 3.93. The topological polar surface area (TPSA) is 63.7 Å². The van der Waals surface area contributed by atoms with Crippen LogP contribution in [-0.2, 0) is 13.1 Å². The second-order valence-electron chi connectivity index (χ2n) is 8.35. The van der Waals surface area contributed by atoms with Gasteiger partial charge in [0.15, 0.2) is 0 Å². The highest BCUT2D eigenvalue weighted by atomic mass is 16.5. The smallest absolute Gasteiger partial charge is 0.227 e. The van der Waals surface area contributed by atoms with E-state index in [1.807, 2.05) is 92.2 Å². The molecule has 0 aliphatic carbocycles. The van der Waals surface area contributed by atoms with Crippen molar-refractivity contribution in [3.05, 3.63) is 95.6 Å². The lowest BCUT2D eigenvalue weighted by Crippen LogP contribution is -2.31. The Hall–Kier alpha value is -3.35. The largest absolute Gasteiger partial charge is 0.468 e. The van der Waals surface area contributed by atoms with Crippen LogP contribution in [0, 0.1) is 13.8 Å². The van der Waals surface area contributed by atoms with Gasteiger partial charge in [-0.05, 0) is 62.2 Å². The van der Waals surface area contributed by atoms with Gasteiger partial charge in [0.1, 0.15) is 11.5 Å². The summed E-state index contributed by atoms with van der Waals surface area (Å²) in [6.07, 6.45) is 1.93. The molecule has 1 N–H and O–H groups in total. The van der Waals surface area contributed by atoms with Gasteiger partial charge in [0.25, 0.3) is 0 Å². The highest BCUT2D eigenvalue weighted by molar-refractivity contribution is 5.43. The number of aromatic nitrogens is 2. The van der Waals surface area contributed by atoms with Crippen LogP contribution in [0.2, 0.25) is 0 Å². The van der Waals surface area contributed by atoms with Gasteiger partial charge in [-0.15, -0.1) is 0 Å². The van der Waals surface area contributed by atoms with E-state index < -0.39 is 6.10 Å². The number of nitrogens with zero attached hydrogens (tertiary/aromatic N) is 3. The Morgan fingerprint density at radius 1 is 1.03 bits per heavy atom. The predicted octanol–water partition coefficient (Wildman–Crippen LogP) is 5.65. The molecule has 2 aromatic heterocycles. The number of ether oxygens (including phenoxy) is 1. The molecule has 4 aromatic rings. The van der Waals surface area contributed by atoms with E-state index in [-0.39, 0.29) is 0 Å². The highest BCUT2D eigenvalue weighted by Gasteiger charge is 2.23. The Labute approximate surface area is 195 Å². The third kappa shape index (κ3) is 5.72. The van der Waals surface area contributed by atoms with Crippen LogP contribution in [0.15, 0.2) is 77.4 Å². The van der Waals surface area contributed by atoms with Gasteiger partial charge in [0.05, 0.1) is 35.9 Å². The van der Waals surface area contributed by atoms with Gasteiger partial charge in [-0.1, -0.05) is 37.3 Å². The normalized spacial score (nSPS) is 12.3. The Morgan fingerprint density at radius 3 is 2.55 bits per heavy atom. The lowest BCUT2D eigenvalue weighted by Gasteiger charge is -2.24. The molecular weight excluding hydrogens is 414 g/mol. The van der Waals surface area contributed by atoms with Crippen molar-refractivity contribution in [1.29, 1.82) is 0 Å². The maximum absolute atomic E-state index is 10.4. The summed E-state index contributed by atoms with van der Waals surface area (Å²) in [5, 5.41) is 15.2. The van der Waals surface area contributed by atoms with E-state index >= 15 is 0 Å². The Kier molecular flexibility index (Phi) is 7.27. The van der Waals surface area contributed by atoms with E-state index in [1.165, 1.54) is 0 Å². The molecule has 0 radical (unpaired) electrons. The van der Waals surface area contributed by atoms with Gasteiger partial charge in [0, 0.05) is 13.1 Å². The molecule has 0 fully saturated rings. The zero-order chi connectivity index (χ0) is 23.2. The lowest BCUT2D eigenvalue weighted by atomic mass is 10.2. The first-order valence-corrected chi connectivity index (χ1v) is 11.3. The molecule has 4 rings (SSSR count). The molecular formula is C27H31N3O3. The number of aliphatic hydroxyl groups excluding tert-OH is 1. The SMILES string of the molecule is CC[C@@H](O)CN(Cc1ccco1)Cc1c(C)nn(-c2ccccc2)c1Oc1cccc(C)c1. The van der Waals surface area contributed by atoms with Crippen molar-refractivity contribution < 1.29 is 14.3 Å². The van der Waals surface area contributed by atoms with Crippen molar-refractivity contribution in [2.24, 2.45) is 0 Å². The Bertz CT molecular complexity index is 1150. The number of hydrogen-bond acceptors (Lipinski definition) is 5. The standard InChI is InChI=1S/C27H31N3O3/c1-4-23(31)17-29(18-25-14-9-15-32-25)19-26-21(3)28-30(22-11-6-5-7-12-22)27(26)33-24-13-8-10-20(2)16-24/h5-16,23,31H,4,17-19H2,1-3H3/t23-/m1/s1. The number of furan rings is 1. The maximum Gasteiger partial charge on any atom is 0.227 e. The molecule has 2 aromatic carbocycles. The van der Waals surface area contributed by atoms with Crippen molar-refractivity contribution in [2.75, 3.05) is 6.54 Å². The van der Waals surface area contributed by atoms with Crippen LogP contribution in [0.5, 0.6) is 11.6 Å². The fraction of sp³-hybridized carbons (Fsp3) is 0.296. The van der Waals surface area contributed by atoms with Gasteiger partial charge < -0.3 is 14.3 Å². The summed E-state index contributed by atoms with van der Waals surface area (Å²) in [5.74, 6) is 2.30. The molecule has 172 valence electrons. The number of aliphatic hydroxyl groups is 1. The fourth-order valence-electron chi connectivity index (χ4n) is 3.82. The van der Waals surface area contributed by atoms with Crippen molar-refractivity contribution >= 4 is 0 Å². The van der Waals surface area contributed by atoms with Gasteiger partial charge in [-0.25, -0.2) is 4.68 Å². The van der Waals surface area contributed by atoms with Crippen LogP contribution in [0.3, 0.4) is 0 Å². The number of para-hydroxylation sites is 1. The van der Waals surface area contributed by atoms with Gasteiger partial charge in [-0.3, -0.25) is 4.90 Å². The van der Waals surface area contributed by atoms with Crippen molar-refractivity contribution in [3.8, 4) is 17.3 Å². The summed E-state index contributed by atoms with van der Waals surface area (Å²) >= 11 is 0. The summed E-state index contributed by atoms with van der Waals surface area (Å²) in [7, 11) is 0. The molecule has 6 heteroatoms. The van der Waals surface area contributed by atoms with E-state index in [0.29, 0.717) is 31.9 Å². The second kappa shape index (κ2) is 10.5. The quantitative estimate of drug-likeness (QED) is 0.342. The number of rotatable bonds is 10. The predicted molar refractivity (Wildman–Crippen MR) is 129 cm³/mol. The van der Waals surface area contributed by atoms with Crippen LogP contribution in [0.4, 0.5) is 0 Å². The minimum atomic E-state index is -0.425. The van der Waals surface area contributed by atoms with Gasteiger partial charge in [-0.2, -0.15) is 5.10 Å². The molecule has 0 unspecified atom stereocenters. The van der Waals surface area contributed by atoms with Crippen LogP contribution in [-0.4, -0.2) is 32.4 Å². The molecule has 2 heterocycles. The zero-order valence-corrected chi connectivity index (χ0v) is 19.4. The fourth-order valence-corrected chi connectivity index (χ4v) is 3.82.